The molecule has 0 spiro atoms. The molecule has 0 radical (unpaired) electrons. The number of nitrogens with zero attached hydrogens (tertiary/aromatic N) is 3. The van der Waals surface area contributed by atoms with Crippen molar-refractivity contribution >= 4 is 21.6 Å². The Kier molecular flexibility index (Phi) is 4.09. The zero-order valence-corrected chi connectivity index (χ0v) is 16.8. The number of rotatable bonds is 2. The minimum absolute atomic E-state index is 0.0364. The van der Waals surface area contributed by atoms with Gasteiger partial charge in [0.2, 0.25) is 6.23 Å². The first-order valence-electron chi connectivity index (χ1n) is 9.12. The lowest BCUT2D eigenvalue weighted by Gasteiger charge is -2.38. The number of benzene rings is 2. The molecule has 2 aromatic carbocycles. The van der Waals surface area contributed by atoms with Crippen molar-refractivity contribution in [2.75, 3.05) is 0 Å². The van der Waals surface area contributed by atoms with Crippen molar-refractivity contribution in [2.24, 2.45) is 5.10 Å². The van der Waals surface area contributed by atoms with Crippen molar-refractivity contribution in [1.29, 1.82) is 0 Å². The summed E-state index contributed by atoms with van der Waals surface area (Å²) in [4.78, 5) is 4.12. The highest BCUT2D eigenvalue weighted by molar-refractivity contribution is 9.10. The predicted octanol–water partition coefficient (Wildman–Crippen LogP) is 5.10. The SMILES string of the molecule is Cc1ccc(O)c(C2=NN3[C@@H](c4ccncc4)Oc4ccc(Br)cc4[C@@H]3C2)c1. The second-order valence-electron chi connectivity index (χ2n) is 7.10. The minimum Gasteiger partial charge on any atom is -0.507 e. The quantitative estimate of drug-likeness (QED) is 0.608. The molecule has 0 unspecified atom stereocenters. The van der Waals surface area contributed by atoms with Gasteiger partial charge >= 0.3 is 0 Å². The van der Waals surface area contributed by atoms with Crippen LogP contribution in [0.5, 0.6) is 11.5 Å². The predicted molar refractivity (Wildman–Crippen MR) is 110 cm³/mol. The molecule has 2 aliphatic rings. The van der Waals surface area contributed by atoms with Crippen LogP contribution in [0.4, 0.5) is 0 Å². The Balaban J connectivity index is 1.63. The van der Waals surface area contributed by atoms with Gasteiger partial charge in [0.1, 0.15) is 11.5 Å². The first-order chi connectivity index (χ1) is 13.6. The van der Waals surface area contributed by atoms with E-state index in [1.807, 2.05) is 48.3 Å². The van der Waals surface area contributed by atoms with Crippen LogP contribution < -0.4 is 4.74 Å². The van der Waals surface area contributed by atoms with Gasteiger partial charge in [-0.1, -0.05) is 27.6 Å². The lowest BCUT2D eigenvalue weighted by atomic mass is 9.95. The van der Waals surface area contributed by atoms with Crippen molar-refractivity contribution in [1.82, 2.24) is 9.99 Å². The molecule has 0 amide bonds. The Hall–Kier alpha value is -2.86. The van der Waals surface area contributed by atoms with E-state index in [2.05, 4.69) is 27.0 Å². The third-order valence-corrected chi connectivity index (χ3v) is 5.70. The van der Waals surface area contributed by atoms with Crippen molar-refractivity contribution in [3.63, 3.8) is 0 Å². The third kappa shape index (κ3) is 2.85. The number of hydrogen-bond donors (Lipinski definition) is 1. The maximum atomic E-state index is 10.4. The van der Waals surface area contributed by atoms with Crippen LogP contribution in [-0.4, -0.2) is 20.8 Å². The van der Waals surface area contributed by atoms with E-state index in [1.54, 1.807) is 18.5 Å². The molecule has 0 saturated heterocycles. The van der Waals surface area contributed by atoms with Crippen LogP contribution >= 0.6 is 15.9 Å². The molecule has 0 fully saturated rings. The summed E-state index contributed by atoms with van der Waals surface area (Å²) in [6.45, 7) is 2.01. The van der Waals surface area contributed by atoms with Crippen LogP contribution in [0.2, 0.25) is 0 Å². The second-order valence-corrected chi connectivity index (χ2v) is 8.02. The molecule has 28 heavy (non-hydrogen) atoms. The molecule has 0 aliphatic carbocycles. The standard InChI is InChI=1S/C22H18BrN3O2/c1-13-2-4-20(27)16(10-13)18-12-19-17-11-15(23)3-5-21(17)28-22(26(19)25-18)14-6-8-24-9-7-14/h2-11,19,22,27H,12H2,1H3/t19-,22+/m0/s1. The maximum Gasteiger partial charge on any atom is 0.213 e. The normalized spacial score (nSPS) is 20.2. The van der Waals surface area contributed by atoms with E-state index < -0.39 is 0 Å². The molecule has 3 aromatic rings. The summed E-state index contributed by atoms with van der Waals surface area (Å²) in [5, 5.41) is 17.3. The fourth-order valence-corrected chi connectivity index (χ4v) is 4.23. The van der Waals surface area contributed by atoms with Crippen molar-refractivity contribution < 1.29 is 9.84 Å². The van der Waals surface area contributed by atoms with Gasteiger partial charge in [-0.3, -0.25) is 4.98 Å². The zero-order valence-electron chi connectivity index (χ0n) is 15.2. The van der Waals surface area contributed by atoms with Crippen LogP contribution in [0.3, 0.4) is 0 Å². The molecule has 2 atom stereocenters. The maximum absolute atomic E-state index is 10.4. The summed E-state index contributed by atoms with van der Waals surface area (Å²) in [7, 11) is 0. The number of fused-ring (bicyclic) bond motifs is 3. The van der Waals surface area contributed by atoms with Crippen LogP contribution in [0.25, 0.3) is 0 Å². The van der Waals surface area contributed by atoms with Gasteiger partial charge in [-0.05, 0) is 49.4 Å². The van der Waals surface area contributed by atoms with Crippen LogP contribution in [0.1, 0.15) is 40.9 Å². The fourth-order valence-electron chi connectivity index (χ4n) is 3.85. The molecule has 1 N–H and O–H groups in total. The van der Waals surface area contributed by atoms with Gasteiger partial charge in [-0.15, -0.1) is 0 Å². The summed E-state index contributed by atoms with van der Waals surface area (Å²) >= 11 is 3.57. The lowest BCUT2D eigenvalue weighted by Crippen LogP contribution is -2.33. The monoisotopic (exact) mass is 435 g/mol. The molecule has 0 saturated carbocycles. The Morgan fingerprint density at radius 2 is 1.93 bits per heavy atom. The Morgan fingerprint density at radius 3 is 2.75 bits per heavy atom. The number of aryl methyl sites for hydroxylation is 1. The Labute approximate surface area is 171 Å². The molecule has 6 heteroatoms. The number of ether oxygens (including phenoxy) is 1. The van der Waals surface area contributed by atoms with Gasteiger partial charge in [0.25, 0.3) is 0 Å². The van der Waals surface area contributed by atoms with Gasteiger partial charge in [0, 0.05) is 40.0 Å². The second kappa shape index (κ2) is 6.63. The fraction of sp³-hybridized carbons (Fsp3) is 0.182. The number of hydrogen-bond acceptors (Lipinski definition) is 5. The number of phenols is 1. The summed E-state index contributed by atoms with van der Waals surface area (Å²) in [5.74, 6) is 1.11. The molecule has 140 valence electrons. The highest BCUT2D eigenvalue weighted by Gasteiger charge is 2.41. The van der Waals surface area contributed by atoms with E-state index in [4.69, 9.17) is 9.84 Å². The van der Waals surface area contributed by atoms with Crippen molar-refractivity contribution in [3.05, 3.63) is 87.7 Å². The van der Waals surface area contributed by atoms with E-state index in [9.17, 15) is 5.11 Å². The van der Waals surface area contributed by atoms with Crippen LogP contribution in [-0.2, 0) is 0 Å². The average Bonchev–Trinajstić information content (AvgIpc) is 3.15. The third-order valence-electron chi connectivity index (χ3n) is 5.21. The molecule has 2 aliphatic heterocycles. The first-order valence-corrected chi connectivity index (χ1v) is 9.91. The van der Waals surface area contributed by atoms with E-state index in [1.165, 1.54) is 0 Å². The van der Waals surface area contributed by atoms with E-state index >= 15 is 0 Å². The van der Waals surface area contributed by atoms with Crippen LogP contribution in [0, 0.1) is 6.92 Å². The number of aromatic nitrogens is 1. The summed E-state index contributed by atoms with van der Waals surface area (Å²) in [6, 6.07) is 15.6. The molecule has 1 aromatic heterocycles. The zero-order chi connectivity index (χ0) is 19.3. The van der Waals surface area contributed by atoms with Gasteiger partial charge in [-0.25, -0.2) is 5.01 Å². The Bertz CT molecular complexity index is 1080. The highest BCUT2D eigenvalue weighted by atomic mass is 79.9. The molecular formula is C22H18BrN3O2. The largest absolute Gasteiger partial charge is 0.507 e. The summed E-state index contributed by atoms with van der Waals surface area (Å²) in [6.07, 6.45) is 3.88. The smallest absolute Gasteiger partial charge is 0.213 e. The van der Waals surface area contributed by atoms with Gasteiger partial charge in [-0.2, -0.15) is 5.10 Å². The van der Waals surface area contributed by atoms with E-state index in [0.717, 1.165) is 38.2 Å². The van der Waals surface area contributed by atoms with Crippen molar-refractivity contribution in [2.45, 2.75) is 25.6 Å². The first kappa shape index (κ1) is 17.3. The number of phenolic OH excluding ortho intramolecular Hbond substituents is 1. The minimum atomic E-state index is -0.342. The molecule has 5 rings (SSSR count). The Morgan fingerprint density at radius 1 is 1.11 bits per heavy atom. The van der Waals surface area contributed by atoms with E-state index in [0.29, 0.717) is 6.42 Å². The van der Waals surface area contributed by atoms with E-state index in [-0.39, 0.29) is 18.0 Å². The summed E-state index contributed by atoms with van der Waals surface area (Å²) in [5.41, 5.74) is 4.81. The highest BCUT2D eigenvalue weighted by Crippen LogP contribution is 2.48. The number of halogens is 1. The molecule has 5 nitrogen and oxygen atoms in total. The lowest BCUT2D eigenvalue weighted by molar-refractivity contribution is -0.0191. The van der Waals surface area contributed by atoms with Crippen molar-refractivity contribution in [3.8, 4) is 11.5 Å². The number of hydrazone groups is 1. The molecule has 0 bridgehead atoms. The number of aromatic hydroxyl groups is 1. The molecular weight excluding hydrogens is 418 g/mol. The molecule has 3 heterocycles. The van der Waals surface area contributed by atoms with Gasteiger partial charge in [0.05, 0.1) is 11.8 Å². The summed E-state index contributed by atoms with van der Waals surface area (Å²) < 4.78 is 7.34. The van der Waals surface area contributed by atoms with Gasteiger partial charge < -0.3 is 9.84 Å². The van der Waals surface area contributed by atoms with Gasteiger partial charge in [0.15, 0.2) is 0 Å². The topological polar surface area (TPSA) is 58.0 Å². The van der Waals surface area contributed by atoms with Crippen LogP contribution in [0.15, 0.2) is 70.5 Å². The average molecular weight is 436 g/mol. The number of pyridine rings is 1.